The summed E-state index contributed by atoms with van der Waals surface area (Å²) < 4.78 is 9.36. The van der Waals surface area contributed by atoms with Crippen molar-refractivity contribution in [2.24, 2.45) is 7.05 Å². The number of aryl methyl sites for hydroxylation is 2. The van der Waals surface area contributed by atoms with Gasteiger partial charge in [0, 0.05) is 24.4 Å². The number of nitrogens with two attached hydrogens (primary N) is 2. The Morgan fingerprint density at radius 1 is 1.15 bits per heavy atom. The van der Waals surface area contributed by atoms with Crippen molar-refractivity contribution in [1.29, 1.82) is 0 Å². The predicted molar refractivity (Wildman–Crippen MR) is 105 cm³/mol. The lowest BCUT2D eigenvalue weighted by atomic mass is 10.1. The molecular formula is C19H21N7O. The molecule has 0 bridgehead atoms. The molecule has 1 fully saturated rings. The topological polar surface area (TPSA) is 110 Å². The van der Waals surface area contributed by atoms with Crippen LogP contribution in [0.4, 0.5) is 11.5 Å². The number of hydrogen-bond acceptors (Lipinski definition) is 6. The summed E-state index contributed by atoms with van der Waals surface area (Å²) in [6, 6.07) is 5.93. The van der Waals surface area contributed by atoms with Gasteiger partial charge in [0.25, 0.3) is 0 Å². The SMILES string of the molecule is COc1cc2c3c(N)nc(C)nc3n(-c3cc(C4CC4)nn3C)c2cc1N. The van der Waals surface area contributed by atoms with Crippen molar-refractivity contribution < 1.29 is 4.74 Å². The van der Waals surface area contributed by atoms with E-state index in [4.69, 9.17) is 26.3 Å². The molecule has 1 aromatic carbocycles. The number of aromatic nitrogens is 5. The van der Waals surface area contributed by atoms with Crippen LogP contribution in [0.15, 0.2) is 18.2 Å². The summed E-state index contributed by atoms with van der Waals surface area (Å²) in [7, 11) is 3.55. The van der Waals surface area contributed by atoms with Gasteiger partial charge in [0.05, 0.1) is 29.4 Å². The molecule has 4 N–H and O–H groups in total. The van der Waals surface area contributed by atoms with Gasteiger partial charge in [-0.05, 0) is 31.9 Å². The third-order valence-corrected chi connectivity index (χ3v) is 5.20. The van der Waals surface area contributed by atoms with Crippen LogP contribution in [-0.4, -0.2) is 31.4 Å². The molecule has 3 heterocycles. The largest absolute Gasteiger partial charge is 0.495 e. The van der Waals surface area contributed by atoms with Crippen LogP contribution in [0.5, 0.6) is 5.75 Å². The van der Waals surface area contributed by atoms with Gasteiger partial charge in [-0.15, -0.1) is 0 Å². The lowest BCUT2D eigenvalue weighted by Gasteiger charge is -2.09. The van der Waals surface area contributed by atoms with Gasteiger partial charge in [0.2, 0.25) is 0 Å². The summed E-state index contributed by atoms with van der Waals surface area (Å²) in [5, 5.41) is 6.41. The first-order valence-corrected chi connectivity index (χ1v) is 8.94. The Bertz CT molecular complexity index is 1220. The molecule has 0 radical (unpaired) electrons. The normalized spacial score (nSPS) is 14.3. The average Bonchev–Trinajstić information content (AvgIpc) is 3.33. The van der Waals surface area contributed by atoms with Gasteiger partial charge >= 0.3 is 0 Å². The lowest BCUT2D eigenvalue weighted by Crippen LogP contribution is -2.05. The number of nitrogens with zero attached hydrogens (tertiary/aromatic N) is 5. The first kappa shape index (κ1) is 15.9. The van der Waals surface area contributed by atoms with Crippen molar-refractivity contribution in [1.82, 2.24) is 24.3 Å². The number of rotatable bonds is 3. The molecule has 0 spiro atoms. The lowest BCUT2D eigenvalue weighted by molar-refractivity contribution is 0.417. The third kappa shape index (κ3) is 2.26. The van der Waals surface area contributed by atoms with E-state index in [2.05, 4.69) is 15.6 Å². The van der Waals surface area contributed by atoms with Gasteiger partial charge in [0.1, 0.15) is 23.2 Å². The molecule has 0 saturated heterocycles. The molecule has 8 heteroatoms. The highest BCUT2D eigenvalue weighted by Gasteiger charge is 2.28. The van der Waals surface area contributed by atoms with Crippen LogP contribution in [0.1, 0.15) is 30.3 Å². The molecule has 1 aliphatic carbocycles. The Balaban J connectivity index is 1.93. The summed E-state index contributed by atoms with van der Waals surface area (Å²) in [5.41, 5.74) is 15.8. The number of nitrogen functional groups attached to an aromatic ring is 2. The van der Waals surface area contributed by atoms with Crippen molar-refractivity contribution in [3.05, 3.63) is 29.7 Å². The highest BCUT2D eigenvalue weighted by molar-refractivity contribution is 6.13. The van der Waals surface area contributed by atoms with Crippen LogP contribution in [-0.2, 0) is 7.05 Å². The van der Waals surface area contributed by atoms with Gasteiger partial charge < -0.3 is 16.2 Å². The Kier molecular flexibility index (Phi) is 3.16. The van der Waals surface area contributed by atoms with Crippen LogP contribution < -0.4 is 16.2 Å². The number of ether oxygens (including phenoxy) is 1. The maximum Gasteiger partial charge on any atom is 0.152 e. The maximum atomic E-state index is 6.29. The summed E-state index contributed by atoms with van der Waals surface area (Å²) >= 11 is 0. The van der Waals surface area contributed by atoms with Gasteiger partial charge in [0.15, 0.2) is 5.65 Å². The average molecular weight is 363 g/mol. The molecule has 8 nitrogen and oxygen atoms in total. The summed E-state index contributed by atoms with van der Waals surface area (Å²) in [4.78, 5) is 9.06. The minimum Gasteiger partial charge on any atom is -0.495 e. The fourth-order valence-corrected chi connectivity index (χ4v) is 3.76. The van der Waals surface area contributed by atoms with E-state index in [1.54, 1.807) is 7.11 Å². The predicted octanol–water partition coefficient (Wildman–Crippen LogP) is 2.67. The second-order valence-electron chi connectivity index (χ2n) is 7.13. The highest BCUT2D eigenvalue weighted by atomic mass is 16.5. The number of fused-ring (bicyclic) bond motifs is 3. The fraction of sp³-hybridized carbons (Fsp3) is 0.316. The standard InChI is InChI=1S/C19H21N7O/c1-9-22-18(21)17-11-6-15(27-3)12(20)7-14(11)26(19(17)23-9)16-8-13(10-4-5-10)24-25(16)2/h6-8,10H,4-5,20H2,1-3H3,(H2,21,22,23). The van der Waals surface area contributed by atoms with E-state index in [0.29, 0.717) is 29.0 Å². The molecule has 27 heavy (non-hydrogen) atoms. The van der Waals surface area contributed by atoms with E-state index in [0.717, 1.165) is 33.4 Å². The van der Waals surface area contributed by atoms with E-state index >= 15 is 0 Å². The van der Waals surface area contributed by atoms with E-state index in [-0.39, 0.29) is 0 Å². The van der Waals surface area contributed by atoms with Crippen molar-refractivity contribution in [2.75, 3.05) is 18.6 Å². The van der Waals surface area contributed by atoms with Crippen LogP contribution in [0, 0.1) is 6.92 Å². The van der Waals surface area contributed by atoms with Crippen molar-refractivity contribution in [3.8, 4) is 11.6 Å². The second kappa shape index (κ2) is 5.35. The zero-order valence-electron chi connectivity index (χ0n) is 15.5. The van der Waals surface area contributed by atoms with E-state index in [9.17, 15) is 0 Å². The Morgan fingerprint density at radius 2 is 1.93 bits per heavy atom. The molecular weight excluding hydrogens is 342 g/mol. The van der Waals surface area contributed by atoms with Gasteiger partial charge in [-0.1, -0.05) is 0 Å². The van der Waals surface area contributed by atoms with Gasteiger partial charge in [-0.25, -0.2) is 9.97 Å². The molecule has 5 rings (SSSR count). The Labute approximate surface area is 155 Å². The molecule has 138 valence electrons. The first-order chi connectivity index (χ1) is 13.0. The highest BCUT2D eigenvalue weighted by Crippen LogP contribution is 2.42. The third-order valence-electron chi connectivity index (χ3n) is 5.20. The van der Waals surface area contributed by atoms with Crippen molar-refractivity contribution in [3.63, 3.8) is 0 Å². The molecule has 4 aromatic rings. The molecule has 1 aliphatic rings. The fourth-order valence-electron chi connectivity index (χ4n) is 3.76. The molecule has 0 aliphatic heterocycles. The second-order valence-corrected chi connectivity index (χ2v) is 7.13. The van der Waals surface area contributed by atoms with Crippen LogP contribution in [0.2, 0.25) is 0 Å². The summed E-state index contributed by atoms with van der Waals surface area (Å²) in [6.45, 7) is 1.84. The number of hydrogen-bond donors (Lipinski definition) is 2. The van der Waals surface area contributed by atoms with Gasteiger partial charge in [-0.3, -0.25) is 9.25 Å². The number of anilines is 2. The minimum atomic E-state index is 0.442. The molecule has 1 saturated carbocycles. The summed E-state index contributed by atoms with van der Waals surface area (Å²) in [5.74, 6) is 3.15. The van der Waals surface area contributed by atoms with Gasteiger partial charge in [-0.2, -0.15) is 5.10 Å². The minimum absolute atomic E-state index is 0.442. The van der Waals surface area contributed by atoms with Crippen LogP contribution in [0.25, 0.3) is 27.8 Å². The number of benzene rings is 1. The van der Waals surface area contributed by atoms with E-state index < -0.39 is 0 Å². The van der Waals surface area contributed by atoms with Crippen LogP contribution >= 0.6 is 0 Å². The summed E-state index contributed by atoms with van der Waals surface area (Å²) in [6.07, 6.45) is 2.39. The van der Waals surface area contributed by atoms with E-state index in [1.165, 1.54) is 12.8 Å². The quantitative estimate of drug-likeness (QED) is 0.542. The first-order valence-electron chi connectivity index (χ1n) is 8.94. The Hall–Kier alpha value is -3.29. The molecule has 3 aromatic heterocycles. The molecule has 0 unspecified atom stereocenters. The maximum absolute atomic E-state index is 6.29. The monoisotopic (exact) mass is 363 g/mol. The van der Waals surface area contributed by atoms with Crippen molar-refractivity contribution in [2.45, 2.75) is 25.7 Å². The molecule has 0 atom stereocenters. The van der Waals surface area contributed by atoms with E-state index in [1.807, 2.05) is 30.8 Å². The number of methoxy groups -OCH3 is 1. The smallest absolute Gasteiger partial charge is 0.152 e. The van der Waals surface area contributed by atoms with Crippen LogP contribution in [0.3, 0.4) is 0 Å². The zero-order valence-corrected chi connectivity index (χ0v) is 15.5. The Morgan fingerprint density at radius 3 is 2.63 bits per heavy atom. The zero-order chi connectivity index (χ0) is 18.9. The molecule has 0 amide bonds. The van der Waals surface area contributed by atoms with Crippen molar-refractivity contribution >= 4 is 33.4 Å².